The summed E-state index contributed by atoms with van der Waals surface area (Å²) in [5.41, 5.74) is 6.57. The topological polar surface area (TPSA) is 84.2 Å². The van der Waals surface area contributed by atoms with E-state index in [1.54, 1.807) is 38.2 Å². The molecule has 5 nitrogen and oxygen atoms in total. The van der Waals surface area contributed by atoms with Gasteiger partial charge >= 0.3 is 0 Å². The molecule has 0 spiro atoms. The van der Waals surface area contributed by atoms with Crippen LogP contribution in [0.25, 0.3) is 0 Å². The Balaban J connectivity index is 0.00000256. The van der Waals surface area contributed by atoms with Crippen LogP contribution in [-0.2, 0) is 4.79 Å². The Hall–Kier alpha value is -1.59. The van der Waals surface area contributed by atoms with Crippen LogP contribution < -0.4 is 16.4 Å². The summed E-state index contributed by atoms with van der Waals surface area (Å²) in [6.07, 6.45) is 0. The van der Waals surface area contributed by atoms with Crippen molar-refractivity contribution < 1.29 is 9.59 Å². The lowest BCUT2D eigenvalue weighted by Gasteiger charge is -2.08. The van der Waals surface area contributed by atoms with Crippen LogP contribution in [0.15, 0.2) is 24.3 Å². The number of benzene rings is 1. The number of hydrogen-bond donors (Lipinski definition) is 3. The fourth-order valence-corrected chi connectivity index (χ4v) is 1.11. The first-order chi connectivity index (χ1) is 7.54. The zero-order valence-corrected chi connectivity index (χ0v) is 10.5. The van der Waals surface area contributed by atoms with Crippen LogP contribution >= 0.6 is 12.4 Å². The molecule has 0 radical (unpaired) electrons. The SMILES string of the molecule is CNC(=O)c1ccc(NC(=O)C(C)N)cc1.Cl. The first-order valence-electron chi connectivity index (χ1n) is 4.93. The third-order valence-corrected chi connectivity index (χ3v) is 2.06. The van der Waals surface area contributed by atoms with Crippen LogP contribution in [0, 0.1) is 0 Å². The van der Waals surface area contributed by atoms with E-state index in [0.717, 1.165) is 0 Å². The number of anilines is 1. The van der Waals surface area contributed by atoms with E-state index in [-0.39, 0.29) is 24.2 Å². The van der Waals surface area contributed by atoms with Gasteiger partial charge < -0.3 is 16.4 Å². The van der Waals surface area contributed by atoms with Gasteiger partial charge in [0.25, 0.3) is 5.91 Å². The molecule has 0 aliphatic rings. The van der Waals surface area contributed by atoms with Crippen molar-refractivity contribution in [2.24, 2.45) is 5.73 Å². The first kappa shape index (κ1) is 15.4. The predicted octanol–water partition coefficient (Wildman–Crippen LogP) is 0.754. The van der Waals surface area contributed by atoms with Crippen LogP contribution in [0.4, 0.5) is 5.69 Å². The molecule has 0 aliphatic carbocycles. The van der Waals surface area contributed by atoms with Crippen molar-refractivity contribution in [2.75, 3.05) is 12.4 Å². The second-order valence-electron chi connectivity index (χ2n) is 3.43. The highest BCUT2D eigenvalue weighted by atomic mass is 35.5. The molecule has 94 valence electrons. The highest BCUT2D eigenvalue weighted by molar-refractivity contribution is 5.96. The predicted molar refractivity (Wildman–Crippen MR) is 69.4 cm³/mol. The minimum absolute atomic E-state index is 0. The van der Waals surface area contributed by atoms with Crippen LogP contribution in [0.2, 0.25) is 0 Å². The molecule has 0 aromatic heterocycles. The summed E-state index contributed by atoms with van der Waals surface area (Å²) in [7, 11) is 1.56. The molecule has 0 bridgehead atoms. The Morgan fingerprint density at radius 1 is 1.24 bits per heavy atom. The molecule has 2 amide bonds. The Morgan fingerprint density at radius 2 is 1.76 bits per heavy atom. The summed E-state index contributed by atoms with van der Waals surface area (Å²) in [6, 6.07) is 6.03. The summed E-state index contributed by atoms with van der Waals surface area (Å²) in [4.78, 5) is 22.5. The molecular weight excluding hydrogens is 242 g/mol. The maximum Gasteiger partial charge on any atom is 0.251 e. The van der Waals surface area contributed by atoms with Crippen molar-refractivity contribution >= 4 is 29.9 Å². The summed E-state index contributed by atoms with van der Waals surface area (Å²) in [5, 5.41) is 5.14. The average molecular weight is 258 g/mol. The van der Waals surface area contributed by atoms with Gasteiger partial charge in [0.1, 0.15) is 0 Å². The second kappa shape index (κ2) is 6.88. The standard InChI is InChI=1S/C11H15N3O2.ClH/c1-7(12)10(15)14-9-5-3-8(4-6-9)11(16)13-2;/h3-7H,12H2,1-2H3,(H,13,16)(H,14,15);1H. The number of carbonyl (C=O) groups is 2. The van der Waals surface area contributed by atoms with Crippen molar-refractivity contribution in [2.45, 2.75) is 13.0 Å². The lowest BCUT2D eigenvalue weighted by atomic mass is 10.2. The fraction of sp³-hybridized carbons (Fsp3) is 0.273. The molecular formula is C11H16ClN3O2. The summed E-state index contributed by atoms with van der Waals surface area (Å²) >= 11 is 0. The van der Waals surface area contributed by atoms with Gasteiger partial charge in [0, 0.05) is 18.3 Å². The monoisotopic (exact) mass is 257 g/mol. The Kier molecular flexibility index (Phi) is 6.23. The summed E-state index contributed by atoms with van der Waals surface area (Å²) < 4.78 is 0. The lowest BCUT2D eigenvalue weighted by Crippen LogP contribution is -2.32. The number of amides is 2. The second-order valence-corrected chi connectivity index (χ2v) is 3.43. The summed E-state index contributed by atoms with van der Waals surface area (Å²) in [5.74, 6) is -0.419. The van der Waals surface area contributed by atoms with Gasteiger partial charge in [-0.2, -0.15) is 0 Å². The van der Waals surface area contributed by atoms with Crippen LogP contribution in [0.3, 0.4) is 0 Å². The lowest BCUT2D eigenvalue weighted by molar-refractivity contribution is -0.117. The Bertz CT molecular complexity index is 390. The normalized spacial score (nSPS) is 11.0. The van der Waals surface area contributed by atoms with E-state index in [2.05, 4.69) is 10.6 Å². The molecule has 4 N–H and O–H groups in total. The first-order valence-corrected chi connectivity index (χ1v) is 4.93. The van der Waals surface area contributed by atoms with Gasteiger partial charge in [-0.3, -0.25) is 9.59 Å². The van der Waals surface area contributed by atoms with Crippen LogP contribution in [-0.4, -0.2) is 24.9 Å². The van der Waals surface area contributed by atoms with Crippen LogP contribution in [0.1, 0.15) is 17.3 Å². The van der Waals surface area contributed by atoms with E-state index in [0.29, 0.717) is 11.3 Å². The molecule has 17 heavy (non-hydrogen) atoms. The summed E-state index contributed by atoms with van der Waals surface area (Å²) in [6.45, 7) is 1.61. The quantitative estimate of drug-likeness (QED) is 0.747. The molecule has 0 aliphatic heterocycles. The molecule has 1 aromatic rings. The van der Waals surface area contributed by atoms with E-state index in [4.69, 9.17) is 5.73 Å². The van der Waals surface area contributed by atoms with Crippen LogP contribution in [0.5, 0.6) is 0 Å². The number of hydrogen-bond acceptors (Lipinski definition) is 3. The largest absolute Gasteiger partial charge is 0.355 e. The highest BCUT2D eigenvalue weighted by Crippen LogP contribution is 2.09. The van der Waals surface area contributed by atoms with E-state index >= 15 is 0 Å². The molecule has 1 atom stereocenters. The minimum atomic E-state index is -0.557. The molecule has 0 saturated carbocycles. The van der Waals surface area contributed by atoms with Crippen molar-refractivity contribution in [1.29, 1.82) is 0 Å². The van der Waals surface area contributed by atoms with Crippen molar-refractivity contribution in [3.63, 3.8) is 0 Å². The number of carbonyl (C=O) groups excluding carboxylic acids is 2. The zero-order valence-electron chi connectivity index (χ0n) is 9.69. The smallest absolute Gasteiger partial charge is 0.251 e. The van der Waals surface area contributed by atoms with Gasteiger partial charge in [0.15, 0.2) is 0 Å². The Labute approximate surface area is 106 Å². The molecule has 6 heteroatoms. The van der Waals surface area contributed by atoms with Gasteiger partial charge in [0.05, 0.1) is 6.04 Å². The average Bonchev–Trinajstić information content (AvgIpc) is 2.28. The fourth-order valence-electron chi connectivity index (χ4n) is 1.11. The molecule has 1 rings (SSSR count). The maximum atomic E-state index is 11.3. The molecule has 0 fully saturated rings. The molecule has 1 unspecified atom stereocenters. The molecule has 0 heterocycles. The van der Waals surface area contributed by atoms with E-state index < -0.39 is 6.04 Å². The third-order valence-electron chi connectivity index (χ3n) is 2.06. The van der Waals surface area contributed by atoms with Crippen molar-refractivity contribution in [1.82, 2.24) is 5.32 Å². The highest BCUT2D eigenvalue weighted by Gasteiger charge is 2.08. The van der Waals surface area contributed by atoms with Gasteiger partial charge in [0.2, 0.25) is 5.91 Å². The third kappa shape index (κ3) is 4.42. The minimum Gasteiger partial charge on any atom is -0.355 e. The Morgan fingerprint density at radius 3 is 2.18 bits per heavy atom. The van der Waals surface area contributed by atoms with Gasteiger partial charge in [-0.1, -0.05) is 0 Å². The van der Waals surface area contributed by atoms with Crippen molar-refractivity contribution in [3.05, 3.63) is 29.8 Å². The number of halogens is 1. The van der Waals surface area contributed by atoms with E-state index in [1.165, 1.54) is 0 Å². The van der Waals surface area contributed by atoms with Gasteiger partial charge in [-0.25, -0.2) is 0 Å². The molecule has 1 aromatic carbocycles. The van der Waals surface area contributed by atoms with Gasteiger partial charge in [-0.15, -0.1) is 12.4 Å². The van der Waals surface area contributed by atoms with Crippen molar-refractivity contribution in [3.8, 4) is 0 Å². The van der Waals surface area contributed by atoms with E-state index in [9.17, 15) is 9.59 Å². The number of nitrogens with one attached hydrogen (secondary N) is 2. The zero-order chi connectivity index (χ0) is 12.1. The number of nitrogens with two attached hydrogens (primary N) is 1. The van der Waals surface area contributed by atoms with Gasteiger partial charge in [-0.05, 0) is 31.2 Å². The molecule has 0 saturated heterocycles. The maximum absolute atomic E-state index is 11.3. The van der Waals surface area contributed by atoms with E-state index in [1.807, 2.05) is 0 Å². The number of rotatable bonds is 3.